The van der Waals surface area contributed by atoms with Crippen molar-refractivity contribution in [2.75, 3.05) is 13.4 Å². The number of benzene rings is 1. The van der Waals surface area contributed by atoms with E-state index in [1.807, 2.05) is 0 Å². The Bertz CT molecular complexity index is 670. The van der Waals surface area contributed by atoms with Gasteiger partial charge in [-0.05, 0) is 19.1 Å². The third-order valence-corrected chi connectivity index (χ3v) is 3.73. The standard InChI is InChI=1S/C11H11NO7S/c1-2-16-11(13)9-8-6(19-20(14,15)12-9)3-4-7-10(8)18-5-17-7/h3-4,9,12H,2,5H2,1H3/t9-/m1/s1. The van der Waals surface area contributed by atoms with E-state index in [4.69, 9.17) is 18.4 Å². The van der Waals surface area contributed by atoms with Gasteiger partial charge in [0.05, 0.1) is 12.2 Å². The Hall–Kier alpha value is -2.00. The Morgan fingerprint density at radius 1 is 1.40 bits per heavy atom. The molecule has 1 atom stereocenters. The van der Waals surface area contributed by atoms with Crippen molar-refractivity contribution in [3.8, 4) is 17.2 Å². The monoisotopic (exact) mass is 301 g/mol. The highest BCUT2D eigenvalue weighted by molar-refractivity contribution is 7.85. The van der Waals surface area contributed by atoms with Gasteiger partial charge in [-0.1, -0.05) is 0 Å². The molecule has 0 saturated heterocycles. The highest BCUT2D eigenvalue weighted by atomic mass is 32.2. The predicted octanol–water partition coefficient (Wildman–Crippen LogP) is 0.246. The third-order valence-electron chi connectivity index (χ3n) is 2.81. The van der Waals surface area contributed by atoms with Gasteiger partial charge in [0, 0.05) is 0 Å². The molecule has 0 unspecified atom stereocenters. The summed E-state index contributed by atoms with van der Waals surface area (Å²) in [5.74, 6) is -0.0127. The van der Waals surface area contributed by atoms with Crippen molar-refractivity contribution in [3.05, 3.63) is 17.7 Å². The fourth-order valence-corrected chi connectivity index (χ4v) is 2.99. The first-order valence-electron chi connectivity index (χ1n) is 5.82. The molecule has 0 radical (unpaired) electrons. The molecule has 1 N–H and O–H groups in total. The Labute approximate surface area is 114 Å². The minimum atomic E-state index is -4.07. The fraction of sp³-hybridized carbons (Fsp3) is 0.364. The summed E-state index contributed by atoms with van der Waals surface area (Å²) in [5, 5.41) is 0. The van der Waals surface area contributed by atoms with Gasteiger partial charge >= 0.3 is 16.3 Å². The summed E-state index contributed by atoms with van der Waals surface area (Å²) in [5.41, 5.74) is 0.258. The van der Waals surface area contributed by atoms with Crippen LogP contribution in [0.1, 0.15) is 18.5 Å². The zero-order chi connectivity index (χ0) is 14.3. The highest BCUT2D eigenvalue weighted by Crippen LogP contribution is 2.46. The van der Waals surface area contributed by atoms with Crippen molar-refractivity contribution >= 4 is 16.3 Å². The summed E-state index contributed by atoms with van der Waals surface area (Å²) >= 11 is 0. The van der Waals surface area contributed by atoms with E-state index in [-0.39, 0.29) is 30.5 Å². The maximum absolute atomic E-state index is 11.9. The lowest BCUT2D eigenvalue weighted by molar-refractivity contribution is -0.145. The zero-order valence-electron chi connectivity index (χ0n) is 10.4. The Kier molecular flexibility index (Phi) is 2.94. The van der Waals surface area contributed by atoms with Crippen molar-refractivity contribution in [3.63, 3.8) is 0 Å². The summed E-state index contributed by atoms with van der Waals surface area (Å²) in [6.45, 7) is 1.75. The normalized spacial score (nSPS) is 21.8. The maximum atomic E-state index is 11.9. The first-order valence-corrected chi connectivity index (χ1v) is 7.23. The quantitative estimate of drug-likeness (QED) is 0.781. The number of ether oxygens (including phenoxy) is 3. The Morgan fingerprint density at radius 3 is 2.90 bits per heavy atom. The van der Waals surface area contributed by atoms with E-state index in [9.17, 15) is 13.2 Å². The van der Waals surface area contributed by atoms with E-state index >= 15 is 0 Å². The number of carbonyl (C=O) groups is 1. The second-order valence-electron chi connectivity index (χ2n) is 4.05. The first kappa shape index (κ1) is 13.0. The van der Waals surface area contributed by atoms with Crippen LogP contribution < -0.4 is 18.4 Å². The number of carbonyl (C=O) groups excluding carboxylic acids is 1. The molecule has 0 saturated carbocycles. The van der Waals surface area contributed by atoms with Crippen molar-refractivity contribution in [1.82, 2.24) is 4.72 Å². The van der Waals surface area contributed by atoms with E-state index < -0.39 is 22.3 Å². The Morgan fingerprint density at radius 2 is 2.15 bits per heavy atom. The maximum Gasteiger partial charge on any atom is 0.383 e. The van der Waals surface area contributed by atoms with Gasteiger partial charge in [0.1, 0.15) is 0 Å². The van der Waals surface area contributed by atoms with Gasteiger partial charge in [0.25, 0.3) is 0 Å². The average molecular weight is 301 g/mol. The van der Waals surface area contributed by atoms with Gasteiger partial charge in [0.2, 0.25) is 6.79 Å². The third kappa shape index (κ3) is 2.04. The summed E-state index contributed by atoms with van der Waals surface area (Å²) < 4.78 is 45.5. The van der Waals surface area contributed by atoms with Crippen molar-refractivity contribution in [1.29, 1.82) is 0 Å². The van der Waals surface area contributed by atoms with Gasteiger partial charge in [-0.2, -0.15) is 13.1 Å². The van der Waals surface area contributed by atoms with Crippen LogP contribution in [0.25, 0.3) is 0 Å². The van der Waals surface area contributed by atoms with E-state index in [2.05, 4.69) is 4.72 Å². The molecule has 0 fully saturated rings. The lowest BCUT2D eigenvalue weighted by Crippen LogP contribution is -2.41. The highest BCUT2D eigenvalue weighted by Gasteiger charge is 2.41. The van der Waals surface area contributed by atoms with Crippen LogP contribution in [-0.4, -0.2) is 27.8 Å². The molecule has 2 heterocycles. The fourth-order valence-electron chi connectivity index (χ4n) is 2.06. The SMILES string of the molecule is CCOC(=O)[C@@H]1NS(=O)(=O)Oc2ccc3c(c21)OCO3. The molecule has 3 rings (SSSR count). The molecule has 0 amide bonds. The van der Waals surface area contributed by atoms with E-state index in [0.29, 0.717) is 5.75 Å². The van der Waals surface area contributed by atoms with Gasteiger partial charge in [-0.3, -0.25) is 0 Å². The largest absolute Gasteiger partial charge is 0.465 e. The molecular formula is C11H11NO7S. The van der Waals surface area contributed by atoms with Crippen LogP contribution in [-0.2, 0) is 19.8 Å². The van der Waals surface area contributed by atoms with Crippen LogP contribution in [0.15, 0.2) is 12.1 Å². The minimum Gasteiger partial charge on any atom is -0.465 e. The van der Waals surface area contributed by atoms with Crippen LogP contribution in [0.4, 0.5) is 0 Å². The van der Waals surface area contributed by atoms with Gasteiger partial charge in [0.15, 0.2) is 23.3 Å². The van der Waals surface area contributed by atoms with Crippen molar-refractivity contribution in [2.45, 2.75) is 13.0 Å². The van der Waals surface area contributed by atoms with Gasteiger partial charge in [-0.15, -0.1) is 0 Å². The van der Waals surface area contributed by atoms with Crippen LogP contribution in [0.3, 0.4) is 0 Å². The van der Waals surface area contributed by atoms with Crippen LogP contribution >= 0.6 is 0 Å². The van der Waals surface area contributed by atoms with Crippen LogP contribution in [0.5, 0.6) is 17.2 Å². The van der Waals surface area contributed by atoms with E-state index in [1.165, 1.54) is 12.1 Å². The van der Waals surface area contributed by atoms with Gasteiger partial charge in [-0.25, -0.2) is 4.79 Å². The number of nitrogens with one attached hydrogen (secondary N) is 1. The van der Waals surface area contributed by atoms with Crippen molar-refractivity contribution < 1.29 is 31.6 Å². The summed E-state index contributed by atoms with van der Waals surface area (Å²) in [6.07, 6.45) is 0. The smallest absolute Gasteiger partial charge is 0.383 e. The number of hydrogen-bond donors (Lipinski definition) is 1. The molecular weight excluding hydrogens is 290 g/mol. The molecule has 0 spiro atoms. The molecule has 20 heavy (non-hydrogen) atoms. The van der Waals surface area contributed by atoms with Crippen molar-refractivity contribution in [2.24, 2.45) is 0 Å². The first-order chi connectivity index (χ1) is 9.52. The predicted molar refractivity (Wildman–Crippen MR) is 64.6 cm³/mol. The Balaban J connectivity index is 2.13. The number of hydrogen-bond acceptors (Lipinski definition) is 7. The van der Waals surface area contributed by atoms with E-state index in [0.717, 1.165) is 0 Å². The molecule has 108 valence electrons. The summed E-state index contributed by atoms with van der Waals surface area (Å²) in [6, 6.07) is 1.71. The molecule has 9 heteroatoms. The van der Waals surface area contributed by atoms with Crippen LogP contribution in [0, 0.1) is 0 Å². The molecule has 0 aromatic heterocycles. The zero-order valence-corrected chi connectivity index (χ0v) is 11.2. The van der Waals surface area contributed by atoms with Gasteiger partial charge < -0.3 is 18.4 Å². The minimum absolute atomic E-state index is 0.00587. The topological polar surface area (TPSA) is 100 Å². The molecule has 0 aliphatic carbocycles. The second kappa shape index (κ2) is 4.53. The average Bonchev–Trinajstić information content (AvgIpc) is 2.84. The number of esters is 1. The van der Waals surface area contributed by atoms with Crippen LogP contribution in [0.2, 0.25) is 0 Å². The lowest BCUT2D eigenvalue weighted by Gasteiger charge is -2.25. The molecule has 8 nitrogen and oxygen atoms in total. The summed E-state index contributed by atoms with van der Waals surface area (Å²) in [4.78, 5) is 11.9. The lowest BCUT2D eigenvalue weighted by atomic mass is 10.0. The molecule has 1 aromatic rings. The second-order valence-corrected chi connectivity index (χ2v) is 5.36. The molecule has 2 aliphatic rings. The molecule has 2 aliphatic heterocycles. The number of rotatable bonds is 2. The molecule has 1 aromatic carbocycles. The summed E-state index contributed by atoms with van der Waals surface area (Å²) in [7, 11) is -4.07. The number of fused-ring (bicyclic) bond motifs is 3. The molecule has 0 bridgehead atoms. The van der Waals surface area contributed by atoms with E-state index in [1.54, 1.807) is 6.92 Å².